The lowest BCUT2D eigenvalue weighted by molar-refractivity contribution is -0.138. The summed E-state index contributed by atoms with van der Waals surface area (Å²) >= 11 is 0. The van der Waals surface area contributed by atoms with Crippen molar-refractivity contribution in [1.82, 2.24) is 4.98 Å². The van der Waals surface area contributed by atoms with Crippen LogP contribution in [0.1, 0.15) is 37.7 Å². The first-order chi connectivity index (χ1) is 8.11. The van der Waals surface area contributed by atoms with Crippen molar-refractivity contribution in [3.8, 4) is 0 Å². The average molecular weight is 234 g/mol. The van der Waals surface area contributed by atoms with Gasteiger partial charge in [0.15, 0.2) is 0 Å². The third-order valence-corrected chi connectivity index (χ3v) is 3.47. The Bertz CT molecular complexity index is 412. The first kappa shape index (κ1) is 11.9. The predicted molar refractivity (Wildman–Crippen MR) is 66.0 cm³/mol. The summed E-state index contributed by atoms with van der Waals surface area (Å²) in [6.45, 7) is 1.98. The van der Waals surface area contributed by atoms with Crippen molar-refractivity contribution in [2.75, 3.05) is 5.32 Å². The zero-order valence-electron chi connectivity index (χ0n) is 10.1. The number of nitrogens with zero attached hydrogens (tertiary/aromatic N) is 1. The number of aromatic nitrogens is 1. The largest absolute Gasteiger partial charge is 0.481 e. The number of hydrogen-bond acceptors (Lipinski definition) is 3. The van der Waals surface area contributed by atoms with E-state index in [9.17, 15) is 4.79 Å². The van der Waals surface area contributed by atoms with E-state index in [0.29, 0.717) is 0 Å². The molecular formula is C13H18N2O2. The Morgan fingerprint density at radius 3 is 2.82 bits per heavy atom. The van der Waals surface area contributed by atoms with Crippen LogP contribution in [0.15, 0.2) is 18.5 Å². The molecule has 1 saturated carbocycles. The van der Waals surface area contributed by atoms with E-state index < -0.39 is 5.97 Å². The molecule has 1 aromatic rings. The summed E-state index contributed by atoms with van der Waals surface area (Å²) in [6.07, 6.45) is 7.79. The molecule has 0 spiro atoms. The van der Waals surface area contributed by atoms with Gasteiger partial charge in [-0.1, -0.05) is 12.8 Å². The predicted octanol–water partition coefficient (Wildman–Crippen LogP) is 2.59. The van der Waals surface area contributed by atoms with Crippen LogP contribution in [0.25, 0.3) is 0 Å². The molecule has 1 aliphatic carbocycles. The first-order valence-corrected chi connectivity index (χ1v) is 6.02. The van der Waals surface area contributed by atoms with E-state index in [-0.39, 0.29) is 12.0 Å². The first-order valence-electron chi connectivity index (χ1n) is 6.02. The quantitative estimate of drug-likeness (QED) is 0.840. The van der Waals surface area contributed by atoms with Crippen molar-refractivity contribution >= 4 is 11.7 Å². The average Bonchev–Trinajstić information content (AvgIpc) is 2.69. The maximum absolute atomic E-state index is 11.0. The van der Waals surface area contributed by atoms with E-state index in [1.807, 2.05) is 13.0 Å². The van der Waals surface area contributed by atoms with Crippen molar-refractivity contribution in [2.45, 2.75) is 44.6 Å². The van der Waals surface area contributed by atoms with Gasteiger partial charge in [0.1, 0.15) is 0 Å². The van der Waals surface area contributed by atoms with Crippen LogP contribution in [0.3, 0.4) is 0 Å². The molecule has 1 fully saturated rings. The van der Waals surface area contributed by atoms with Gasteiger partial charge in [0.2, 0.25) is 0 Å². The second-order valence-electron chi connectivity index (χ2n) is 4.87. The molecule has 1 aromatic heterocycles. The van der Waals surface area contributed by atoms with Gasteiger partial charge in [-0.25, -0.2) is 0 Å². The normalized spacial score (nSPS) is 17.9. The van der Waals surface area contributed by atoms with Crippen molar-refractivity contribution in [1.29, 1.82) is 0 Å². The highest BCUT2D eigenvalue weighted by Crippen LogP contribution is 2.36. The summed E-state index contributed by atoms with van der Waals surface area (Å²) in [5, 5.41) is 12.5. The van der Waals surface area contributed by atoms with Crippen molar-refractivity contribution in [3.63, 3.8) is 0 Å². The van der Waals surface area contributed by atoms with E-state index in [4.69, 9.17) is 5.11 Å². The summed E-state index contributed by atoms with van der Waals surface area (Å²) in [5.74, 6) is -0.730. The van der Waals surface area contributed by atoms with Gasteiger partial charge in [0, 0.05) is 23.6 Å². The molecule has 0 atom stereocenters. The molecule has 0 saturated heterocycles. The number of carbonyl (C=O) groups is 1. The van der Waals surface area contributed by atoms with Crippen LogP contribution in [0.4, 0.5) is 5.69 Å². The van der Waals surface area contributed by atoms with E-state index in [1.54, 1.807) is 12.4 Å². The molecule has 1 heterocycles. The minimum Gasteiger partial charge on any atom is -0.481 e. The molecule has 0 aliphatic heterocycles. The Morgan fingerprint density at radius 1 is 1.53 bits per heavy atom. The smallest absolute Gasteiger partial charge is 0.305 e. The number of aryl methyl sites for hydroxylation is 1. The maximum Gasteiger partial charge on any atom is 0.305 e. The van der Waals surface area contributed by atoms with E-state index in [0.717, 1.165) is 36.9 Å². The second kappa shape index (κ2) is 4.73. The Kier molecular flexibility index (Phi) is 3.31. The molecular weight excluding hydrogens is 216 g/mol. The topological polar surface area (TPSA) is 62.2 Å². The zero-order chi connectivity index (χ0) is 12.3. The fourth-order valence-corrected chi connectivity index (χ4v) is 2.59. The van der Waals surface area contributed by atoms with Gasteiger partial charge in [-0.2, -0.15) is 0 Å². The van der Waals surface area contributed by atoms with Crippen molar-refractivity contribution in [2.24, 2.45) is 0 Å². The van der Waals surface area contributed by atoms with Gasteiger partial charge in [-0.05, 0) is 31.4 Å². The van der Waals surface area contributed by atoms with E-state index >= 15 is 0 Å². The molecule has 0 aromatic carbocycles. The van der Waals surface area contributed by atoms with E-state index in [2.05, 4.69) is 10.3 Å². The van der Waals surface area contributed by atoms with E-state index in [1.165, 1.54) is 0 Å². The van der Waals surface area contributed by atoms with Gasteiger partial charge < -0.3 is 10.4 Å². The van der Waals surface area contributed by atoms with Gasteiger partial charge in [-0.3, -0.25) is 9.78 Å². The fourth-order valence-electron chi connectivity index (χ4n) is 2.59. The number of hydrogen-bond donors (Lipinski definition) is 2. The molecule has 0 amide bonds. The minimum atomic E-state index is -0.730. The molecule has 1 aliphatic rings. The van der Waals surface area contributed by atoms with Crippen molar-refractivity contribution in [3.05, 3.63) is 24.0 Å². The Morgan fingerprint density at radius 2 is 2.24 bits per heavy atom. The van der Waals surface area contributed by atoms with Gasteiger partial charge >= 0.3 is 5.97 Å². The van der Waals surface area contributed by atoms with Crippen molar-refractivity contribution < 1.29 is 9.90 Å². The van der Waals surface area contributed by atoms with Gasteiger partial charge in [0.25, 0.3) is 0 Å². The summed E-state index contributed by atoms with van der Waals surface area (Å²) in [7, 11) is 0. The number of anilines is 1. The highest BCUT2D eigenvalue weighted by atomic mass is 16.4. The standard InChI is InChI=1S/C13H18N2O2/c1-10-9-14-7-4-11(10)15-13(8-12(16)17)5-2-3-6-13/h4,7,9H,2-3,5-6,8H2,1H3,(H,14,15)(H,16,17). The third-order valence-electron chi connectivity index (χ3n) is 3.47. The van der Waals surface area contributed by atoms with Crippen LogP contribution in [0.2, 0.25) is 0 Å². The highest BCUT2D eigenvalue weighted by Gasteiger charge is 2.36. The molecule has 2 N–H and O–H groups in total. The number of carboxylic acids is 1. The van der Waals surface area contributed by atoms with Crippen LogP contribution in [0, 0.1) is 6.92 Å². The summed E-state index contributed by atoms with van der Waals surface area (Å²) in [4.78, 5) is 15.0. The Hall–Kier alpha value is -1.58. The number of nitrogens with one attached hydrogen (secondary N) is 1. The van der Waals surface area contributed by atoms with Crippen LogP contribution in [-0.2, 0) is 4.79 Å². The van der Waals surface area contributed by atoms with Gasteiger partial charge in [-0.15, -0.1) is 0 Å². The second-order valence-corrected chi connectivity index (χ2v) is 4.87. The van der Waals surface area contributed by atoms with Crippen LogP contribution < -0.4 is 5.32 Å². The lowest BCUT2D eigenvalue weighted by Crippen LogP contribution is -2.37. The van der Waals surface area contributed by atoms with Crippen LogP contribution in [-0.4, -0.2) is 21.6 Å². The summed E-state index contributed by atoms with van der Waals surface area (Å²) in [5.41, 5.74) is 1.80. The molecule has 17 heavy (non-hydrogen) atoms. The Balaban J connectivity index is 2.18. The lowest BCUT2D eigenvalue weighted by atomic mass is 9.92. The SMILES string of the molecule is Cc1cnccc1NC1(CC(=O)O)CCCC1. The number of carboxylic acid groups (broad SMARTS) is 1. The highest BCUT2D eigenvalue weighted by molar-refractivity contribution is 5.70. The minimum absolute atomic E-state index is 0.189. The summed E-state index contributed by atoms with van der Waals surface area (Å²) < 4.78 is 0. The molecule has 0 unspecified atom stereocenters. The monoisotopic (exact) mass is 234 g/mol. The molecule has 4 nitrogen and oxygen atoms in total. The van der Waals surface area contributed by atoms with Crippen LogP contribution >= 0.6 is 0 Å². The Labute approximate surface area is 101 Å². The molecule has 92 valence electrons. The summed E-state index contributed by atoms with van der Waals surface area (Å²) in [6, 6.07) is 1.91. The number of pyridine rings is 1. The number of rotatable bonds is 4. The molecule has 0 radical (unpaired) electrons. The molecule has 4 heteroatoms. The van der Waals surface area contributed by atoms with Gasteiger partial charge in [0.05, 0.1) is 6.42 Å². The lowest BCUT2D eigenvalue weighted by Gasteiger charge is -2.30. The zero-order valence-corrected chi connectivity index (χ0v) is 10.1. The van der Waals surface area contributed by atoms with Crippen LogP contribution in [0.5, 0.6) is 0 Å². The fraction of sp³-hybridized carbons (Fsp3) is 0.538. The third kappa shape index (κ3) is 2.75. The molecule has 2 rings (SSSR count). The number of aliphatic carboxylic acids is 1. The molecule has 0 bridgehead atoms. The maximum atomic E-state index is 11.0.